The summed E-state index contributed by atoms with van der Waals surface area (Å²) in [4.78, 5) is 4.63. The number of ether oxygens (including phenoxy) is 2. The van der Waals surface area contributed by atoms with Crippen LogP contribution in [0.4, 0.5) is 22.7 Å². The Morgan fingerprint density at radius 3 is 1.00 bits per heavy atom. The van der Waals surface area contributed by atoms with Crippen molar-refractivity contribution in [3.8, 4) is 0 Å². The summed E-state index contributed by atoms with van der Waals surface area (Å²) in [5, 5.41) is 0. The molecule has 178 valence electrons. The van der Waals surface area contributed by atoms with Gasteiger partial charge in [-0.25, -0.2) is 0 Å². The van der Waals surface area contributed by atoms with Gasteiger partial charge in [0, 0.05) is 22.7 Å². The van der Waals surface area contributed by atoms with Crippen LogP contribution in [0.2, 0.25) is 0 Å². The van der Waals surface area contributed by atoms with E-state index < -0.39 is 5.79 Å². The van der Waals surface area contributed by atoms with E-state index in [2.05, 4.69) is 107 Å². The van der Waals surface area contributed by atoms with Gasteiger partial charge in [0.25, 0.3) is 0 Å². The number of benzene rings is 4. The Labute approximate surface area is 208 Å². The third-order valence-corrected chi connectivity index (χ3v) is 6.28. The molecule has 0 saturated carbocycles. The van der Waals surface area contributed by atoms with Crippen molar-refractivity contribution < 1.29 is 9.47 Å². The predicted octanol–water partition coefficient (Wildman–Crippen LogP) is 7.18. The van der Waals surface area contributed by atoms with Crippen molar-refractivity contribution in [2.75, 3.05) is 22.9 Å². The van der Waals surface area contributed by atoms with Crippen LogP contribution >= 0.6 is 0 Å². The van der Waals surface area contributed by atoms with E-state index in [4.69, 9.17) is 9.47 Å². The average molecular weight is 465 g/mol. The fraction of sp³-hybridized carbons (Fsp3) is 0.226. The fourth-order valence-corrected chi connectivity index (χ4v) is 4.73. The minimum Gasteiger partial charge on any atom is -0.343 e. The van der Waals surface area contributed by atoms with E-state index in [1.54, 1.807) is 0 Å². The minimum absolute atomic E-state index is 0.125. The Bertz CT molecular complexity index is 1010. The highest BCUT2D eigenvalue weighted by atomic mass is 16.8. The largest absolute Gasteiger partial charge is 0.343 e. The molecule has 0 spiro atoms. The second-order valence-electron chi connectivity index (χ2n) is 9.28. The molecule has 1 saturated heterocycles. The van der Waals surface area contributed by atoms with Gasteiger partial charge in [0.1, 0.15) is 12.2 Å². The summed E-state index contributed by atoms with van der Waals surface area (Å²) in [5.41, 5.74) is 4.53. The Balaban J connectivity index is 1.46. The molecule has 0 aromatic heterocycles. The van der Waals surface area contributed by atoms with Crippen LogP contribution in [0, 0.1) is 0 Å². The molecule has 35 heavy (non-hydrogen) atoms. The quantitative estimate of drug-likeness (QED) is 0.276. The van der Waals surface area contributed by atoms with Crippen molar-refractivity contribution in [1.82, 2.24) is 0 Å². The lowest BCUT2D eigenvalue weighted by Gasteiger charge is -2.32. The normalized spacial score (nSPS) is 18.8. The third-order valence-electron chi connectivity index (χ3n) is 6.28. The lowest BCUT2D eigenvalue weighted by atomic mass is 10.1. The van der Waals surface area contributed by atoms with Gasteiger partial charge in [-0.05, 0) is 62.4 Å². The van der Waals surface area contributed by atoms with E-state index in [0.717, 1.165) is 22.7 Å². The summed E-state index contributed by atoms with van der Waals surface area (Å²) in [7, 11) is 0. The first-order chi connectivity index (χ1) is 17.1. The lowest BCUT2D eigenvalue weighted by molar-refractivity contribution is -0.144. The SMILES string of the molecule is CC1(C)OC(CN(c2ccccc2)c2ccccc2)C(CN(c2ccccc2)c2ccccc2)O1. The molecule has 4 aromatic carbocycles. The van der Waals surface area contributed by atoms with E-state index in [9.17, 15) is 0 Å². The van der Waals surface area contributed by atoms with Crippen LogP contribution in [0.1, 0.15) is 13.8 Å². The van der Waals surface area contributed by atoms with Gasteiger partial charge in [-0.1, -0.05) is 72.8 Å². The van der Waals surface area contributed by atoms with Gasteiger partial charge >= 0.3 is 0 Å². The Kier molecular flexibility index (Phi) is 6.84. The molecule has 1 heterocycles. The number of anilines is 4. The number of hydrogen-bond donors (Lipinski definition) is 0. The van der Waals surface area contributed by atoms with Crippen molar-refractivity contribution in [1.29, 1.82) is 0 Å². The summed E-state index contributed by atoms with van der Waals surface area (Å²) in [5.74, 6) is -0.659. The molecule has 2 atom stereocenters. The van der Waals surface area contributed by atoms with Crippen LogP contribution in [0.25, 0.3) is 0 Å². The first-order valence-corrected chi connectivity index (χ1v) is 12.2. The molecule has 4 aromatic rings. The molecule has 1 aliphatic rings. The Morgan fingerprint density at radius 2 is 0.743 bits per heavy atom. The molecule has 5 rings (SSSR count). The van der Waals surface area contributed by atoms with Crippen LogP contribution in [-0.2, 0) is 9.47 Å². The van der Waals surface area contributed by atoms with Crippen molar-refractivity contribution in [2.45, 2.75) is 31.8 Å². The highest BCUT2D eigenvalue weighted by Gasteiger charge is 2.43. The number of nitrogens with zero attached hydrogens (tertiary/aromatic N) is 2. The highest BCUT2D eigenvalue weighted by Crippen LogP contribution is 2.35. The maximum absolute atomic E-state index is 6.52. The lowest BCUT2D eigenvalue weighted by Crippen LogP contribution is -2.41. The van der Waals surface area contributed by atoms with Crippen molar-refractivity contribution in [2.24, 2.45) is 0 Å². The van der Waals surface area contributed by atoms with E-state index in [1.807, 2.05) is 38.1 Å². The molecule has 0 aliphatic carbocycles. The third kappa shape index (κ3) is 5.56. The summed E-state index contributed by atoms with van der Waals surface area (Å²) in [6.07, 6.45) is -0.249. The molecule has 0 amide bonds. The molecule has 0 radical (unpaired) electrons. The predicted molar refractivity (Wildman–Crippen MR) is 144 cm³/mol. The van der Waals surface area contributed by atoms with Gasteiger partial charge < -0.3 is 19.3 Å². The first-order valence-electron chi connectivity index (χ1n) is 12.2. The number of rotatable bonds is 8. The van der Waals surface area contributed by atoms with Crippen molar-refractivity contribution in [3.05, 3.63) is 121 Å². The summed E-state index contributed by atoms with van der Waals surface area (Å²) >= 11 is 0. The molecule has 4 heteroatoms. The molecule has 1 fully saturated rings. The Hall–Kier alpha value is -3.60. The summed E-state index contributed by atoms with van der Waals surface area (Å²) in [6.45, 7) is 5.37. The molecule has 4 nitrogen and oxygen atoms in total. The number of para-hydroxylation sites is 4. The second-order valence-corrected chi connectivity index (χ2v) is 9.28. The molecule has 0 N–H and O–H groups in total. The fourth-order valence-electron chi connectivity index (χ4n) is 4.73. The summed E-state index contributed by atoms with van der Waals surface area (Å²) < 4.78 is 13.0. The van der Waals surface area contributed by atoms with Crippen LogP contribution in [0.15, 0.2) is 121 Å². The zero-order valence-electron chi connectivity index (χ0n) is 20.3. The average Bonchev–Trinajstić information content (AvgIpc) is 3.20. The monoisotopic (exact) mass is 464 g/mol. The zero-order chi connectivity index (χ0) is 24.1. The van der Waals surface area contributed by atoms with Gasteiger partial charge in [-0.3, -0.25) is 0 Å². The van der Waals surface area contributed by atoms with Gasteiger partial charge in [-0.2, -0.15) is 0 Å². The van der Waals surface area contributed by atoms with Crippen LogP contribution in [0.3, 0.4) is 0 Å². The van der Waals surface area contributed by atoms with Gasteiger partial charge in [-0.15, -0.1) is 0 Å². The maximum Gasteiger partial charge on any atom is 0.163 e. The van der Waals surface area contributed by atoms with Gasteiger partial charge in [0.15, 0.2) is 5.79 Å². The standard InChI is InChI=1S/C31H32N2O2/c1-31(2)34-29(23-32(25-15-7-3-8-16-25)26-17-9-4-10-18-26)30(35-31)24-33(27-19-11-5-12-20-27)28-21-13-6-14-22-28/h3-22,29-30H,23-24H2,1-2H3. The zero-order valence-corrected chi connectivity index (χ0v) is 20.3. The Morgan fingerprint density at radius 1 is 0.486 bits per heavy atom. The topological polar surface area (TPSA) is 24.9 Å². The van der Waals surface area contributed by atoms with Crippen molar-refractivity contribution in [3.63, 3.8) is 0 Å². The maximum atomic E-state index is 6.52. The van der Waals surface area contributed by atoms with Gasteiger partial charge in [0.2, 0.25) is 0 Å². The minimum atomic E-state index is -0.659. The molecular weight excluding hydrogens is 432 g/mol. The van der Waals surface area contributed by atoms with E-state index in [1.165, 1.54) is 0 Å². The van der Waals surface area contributed by atoms with Crippen LogP contribution in [-0.4, -0.2) is 31.1 Å². The highest BCUT2D eigenvalue weighted by molar-refractivity contribution is 5.64. The van der Waals surface area contributed by atoms with E-state index >= 15 is 0 Å². The van der Waals surface area contributed by atoms with Crippen LogP contribution in [0.5, 0.6) is 0 Å². The number of hydrogen-bond acceptors (Lipinski definition) is 4. The molecule has 1 aliphatic heterocycles. The molecule has 0 bridgehead atoms. The molecule has 2 unspecified atom stereocenters. The van der Waals surface area contributed by atoms with Crippen LogP contribution < -0.4 is 9.80 Å². The summed E-state index contributed by atoms with van der Waals surface area (Å²) in [6, 6.07) is 41.9. The second kappa shape index (κ2) is 10.3. The van der Waals surface area contributed by atoms with E-state index in [-0.39, 0.29) is 12.2 Å². The van der Waals surface area contributed by atoms with Crippen molar-refractivity contribution >= 4 is 22.7 Å². The molecular formula is C31H32N2O2. The van der Waals surface area contributed by atoms with Gasteiger partial charge in [0.05, 0.1) is 13.1 Å². The smallest absolute Gasteiger partial charge is 0.163 e. The first kappa shape index (κ1) is 23.2. The van der Waals surface area contributed by atoms with E-state index in [0.29, 0.717) is 13.1 Å².